The van der Waals surface area contributed by atoms with Gasteiger partial charge in [0, 0.05) is 18.3 Å². The second-order valence-electron chi connectivity index (χ2n) is 6.67. The van der Waals surface area contributed by atoms with E-state index in [9.17, 15) is 14.4 Å². The van der Waals surface area contributed by atoms with Gasteiger partial charge in [0.2, 0.25) is 11.8 Å². The third kappa shape index (κ3) is 5.49. The standard InChI is InChI=1S/C22H19Cl2N3O3/c1-27(13-20(28)26-17-8-9-18(23)19(24)11-17)21(29)12-25-22(30)16-7-6-14-4-2-3-5-15(14)10-16/h2-11H,12-13H2,1H3,(H,25,30)(H,26,28). The fraction of sp³-hybridized carbons (Fsp3) is 0.136. The van der Waals surface area contributed by atoms with Crippen LogP contribution in [0.15, 0.2) is 60.7 Å². The van der Waals surface area contributed by atoms with Crippen LogP contribution >= 0.6 is 23.2 Å². The third-order valence-corrected chi connectivity index (χ3v) is 5.16. The molecule has 2 N–H and O–H groups in total. The van der Waals surface area contributed by atoms with E-state index in [2.05, 4.69) is 10.6 Å². The molecule has 0 aliphatic carbocycles. The zero-order valence-electron chi connectivity index (χ0n) is 16.1. The van der Waals surface area contributed by atoms with E-state index in [0.717, 1.165) is 10.8 Å². The minimum absolute atomic E-state index is 0.176. The Morgan fingerprint density at radius 3 is 2.37 bits per heavy atom. The first-order valence-electron chi connectivity index (χ1n) is 9.09. The fourth-order valence-corrected chi connectivity index (χ4v) is 3.10. The number of anilines is 1. The maximum Gasteiger partial charge on any atom is 0.251 e. The number of halogens is 2. The zero-order valence-corrected chi connectivity index (χ0v) is 17.6. The van der Waals surface area contributed by atoms with Gasteiger partial charge in [-0.2, -0.15) is 0 Å². The maximum atomic E-state index is 12.4. The van der Waals surface area contributed by atoms with Crippen LogP contribution in [0, 0.1) is 0 Å². The molecule has 0 saturated heterocycles. The molecule has 3 rings (SSSR count). The molecule has 0 saturated carbocycles. The first-order valence-corrected chi connectivity index (χ1v) is 9.85. The van der Waals surface area contributed by atoms with Crippen molar-refractivity contribution in [1.29, 1.82) is 0 Å². The van der Waals surface area contributed by atoms with Crippen LogP contribution in [-0.4, -0.2) is 42.8 Å². The van der Waals surface area contributed by atoms with E-state index in [0.29, 0.717) is 21.3 Å². The van der Waals surface area contributed by atoms with Crippen molar-refractivity contribution in [2.24, 2.45) is 0 Å². The summed E-state index contributed by atoms with van der Waals surface area (Å²) in [7, 11) is 1.49. The number of nitrogens with one attached hydrogen (secondary N) is 2. The largest absolute Gasteiger partial charge is 0.343 e. The van der Waals surface area contributed by atoms with Gasteiger partial charge in [0.1, 0.15) is 0 Å². The topological polar surface area (TPSA) is 78.5 Å². The van der Waals surface area contributed by atoms with Crippen LogP contribution in [0.1, 0.15) is 10.4 Å². The highest BCUT2D eigenvalue weighted by Gasteiger charge is 2.15. The Morgan fingerprint density at radius 2 is 1.63 bits per heavy atom. The Kier molecular flexibility index (Phi) is 6.92. The lowest BCUT2D eigenvalue weighted by molar-refractivity contribution is -0.132. The first kappa shape index (κ1) is 21.6. The van der Waals surface area contributed by atoms with Gasteiger partial charge in [-0.05, 0) is 41.1 Å². The normalized spacial score (nSPS) is 10.5. The van der Waals surface area contributed by atoms with Gasteiger partial charge in [-0.3, -0.25) is 14.4 Å². The van der Waals surface area contributed by atoms with E-state index in [1.54, 1.807) is 24.3 Å². The Balaban J connectivity index is 1.51. The van der Waals surface area contributed by atoms with Crippen LogP contribution in [0.2, 0.25) is 10.0 Å². The summed E-state index contributed by atoms with van der Waals surface area (Å²) in [5, 5.41) is 7.88. The SMILES string of the molecule is CN(CC(=O)Nc1ccc(Cl)c(Cl)c1)C(=O)CNC(=O)c1ccc2ccccc2c1. The first-order chi connectivity index (χ1) is 14.3. The summed E-state index contributed by atoms with van der Waals surface area (Å²) in [6.07, 6.45) is 0. The summed E-state index contributed by atoms with van der Waals surface area (Å²) in [6.45, 7) is -0.396. The molecule has 0 heterocycles. The van der Waals surface area contributed by atoms with E-state index >= 15 is 0 Å². The Hall–Kier alpha value is -3.09. The van der Waals surface area contributed by atoms with Crippen LogP contribution in [0.4, 0.5) is 5.69 Å². The fourth-order valence-electron chi connectivity index (χ4n) is 2.80. The number of fused-ring (bicyclic) bond motifs is 1. The molecule has 0 unspecified atom stereocenters. The molecule has 30 heavy (non-hydrogen) atoms. The minimum atomic E-state index is -0.398. The van der Waals surface area contributed by atoms with Gasteiger partial charge >= 0.3 is 0 Å². The Bertz CT molecular complexity index is 1120. The average molecular weight is 444 g/mol. The molecule has 0 atom stereocenters. The summed E-state index contributed by atoms with van der Waals surface area (Å²) in [5.74, 6) is -1.15. The molecule has 8 heteroatoms. The van der Waals surface area contributed by atoms with Crippen LogP contribution < -0.4 is 10.6 Å². The molecular weight excluding hydrogens is 425 g/mol. The Labute approximate surface area is 183 Å². The summed E-state index contributed by atoms with van der Waals surface area (Å²) in [5.41, 5.74) is 0.932. The van der Waals surface area contributed by atoms with Crippen molar-refractivity contribution in [3.05, 3.63) is 76.3 Å². The van der Waals surface area contributed by atoms with Crippen molar-refractivity contribution >= 4 is 57.4 Å². The van der Waals surface area contributed by atoms with Gasteiger partial charge in [-0.1, -0.05) is 53.5 Å². The lowest BCUT2D eigenvalue weighted by Crippen LogP contribution is -2.41. The molecule has 154 valence electrons. The third-order valence-electron chi connectivity index (χ3n) is 4.42. The van der Waals surface area contributed by atoms with Crippen LogP contribution in [0.3, 0.4) is 0 Å². The number of carbonyl (C=O) groups is 3. The molecule has 0 aliphatic rings. The second kappa shape index (κ2) is 9.61. The Morgan fingerprint density at radius 1 is 0.900 bits per heavy atom. The van der Waals surface area contributed by atoms with Crippen molar-refractivity contribution in [2.45, 2.75) is 0 Å². The number of carbonyl (C=O) groups excluding carboxylic acids is 3. The van der Waals surface area contributed by atoms with E-state index in [-0.39, 0.29) is 19.0 Å². The maximum absolute atomic E-state index is 12.4. The molecule has 0 aliphatic heterocycles. The number of benzene rings is 3. The van der Waals surface area contributed by atoms with Crippen molar-refractivity contribution in [3.8, 4) is 0 Å². The molecule has 0 bridgehead atoms. The summed E-state index contributed by atoms with van der Waals surface area (Å²) >= 11 is 11.8. The zero-order chi connectivity index (χ0) is 21.7. The van der Waals surface area contributed by atoms with Gasteiger partial charge in [0.25, 0.3) is 5.91 Å². The number of hydrogen-bond donors (Lipinski definition) is 2. The highest BCUT2D eigenvalue weighted by Crippen LogP contribution is 2.24. The van der Waals surface area contributed by atoms with Gasteiger partial charge in [0.05, 0.1) is 23.1 Å². The van der Waals surface area contributed by atoms with E-state index < -0.39 is 11.8 Å². The number of nitrogens with zero attached hydrogens (tertiary/aromatic N) is 1. The second-order valence-corrected chi connectivity index (χ2v) is 7.49. The van der Waals surface area contributed by atoms with Crippen molar-refractivity contribution in [3.63, 3.8) is 0 Å². The summed E-state index contributed by atoms with van der Waals surface area (Å²) < 4.78 is 0. The predicted molar refractivity (Wildman–Crippen MR) is 119 cm³/mol. The lowest BCUT2D eigenvalue weighted by Gasteiger charge is -2.17. The summed E-state index contributed by atoms with van der Waals surface area (Å²) in [4.78, 5) is 38.0. The average Bonchev–Trinajstić information content (AvgIpc) is 2.73. The molecule has 3 amide bonds. The van der Waals surface area contributed by atoms with Crippen LogP contribution in [-0.2, 0) is 9.59 Å². The van der Waals surface area contributed by atoms with Gasteiger partial charge in [0.15, 0.2) is 0 Å². The van der Waals surface area contributed by atoms with Crippen LogP contribution in [0.5, 0.6) is 0 Å². The van der Waals surface area contributed by atoms with E-state index in [4.69, 9.17) is 23.2 Å². The monoisotopic (exact) mass is 443 g/mol. The highest BCUT2D eigenvalue weighted by atomic mass is 35.5. The highest BCUT2D eigenvalue weighted by molar-refractivity contribution is 6.42. The van der Waals surface area contributed by atoms with Crippen LogP contribution in [0.25, 0.3) is 10.8 Å². The summed E-state index contributed by atoms with van der Waals surface area (Å²) in [6, 6.07) is 17.7. The number of hydrogen-bond acceptors (Lipinski definition) is 3. The number of likely N-dealkylation sites (N-methyl/N-ethyl adjacent to an activating group) is 1. The molecule has 0 radical (unpaired) electrons. The minimum Gasteiger partial charge on any atom is -0.343 e. The predicted octanol–water partition coefficient (Wildman–Crippen LogP) is 3.97. The molecule has 3 aromatic carbocycles. The van der Waals surface area contributed by atoms with Crippen molar-refractivity contribution in [2.75, 3.05) is 25.5 Å². The lowest BCUT2D eigenvalue weighted by atomic mass is 10.1. The molecule has 0 fully saturated rings. The smallest absolute Gasteiger partial charge is 0.251 e. The van der Waals surface area contributed by atoms with E-state index in [1.807, 2.05) is 30.3 Å². The van der Waals surface area contributed by atoms with Gasteiger partial charge in [-0.25, -0.2) is 0 Å². The van der Waals surface area contributed by atoms with E-state index in [1.165, 1.54) is 18.0 Å². The van der Waals surface area contributed by atoms with Crippen molar-refractivity contribution in [1.82, 2.24) is 10.2 Å². The molecular formula is C22H19Cl2N3O3. The van der Waals surface area contributed by atoms with Gasteiger partial charge in [-0.15, -0.1) is 0 Å². The molecule has 6 nitrogen and oxygen atoms in total. The van der Waals surface area contributed by atoms with Gasteiger partial charge < -0.3 is 15.5 Å². The quantitative estimate of drug-likeness (QED) is 0.604. The molecule has 0 aromatic heterocycles. The number of amides is 3. The number of rotatable bonds is 6. The molecule has 3 aromatic rings. The molecule has 0 spiro atoms. The van der Waals surface area contributed by atoms with Crippen molar-refractivity contribution < 1.29 is 14.4 Å².